The molecule has 1 N–H and O–H groups in total. The largest absolute Gasteiger partial charge is 0.480 e. The average molecular weight is 264 g/mol. The average Bonchev–Trinajstić information content (AvgIpc) is 2.33. The van der Waals surface area contributed by atoms with Gasteiger partial charge in [-0.3, -0.25) is 4.79 Å². The lowest BCUT2D eigenvalue weighted by Gasteiger charge is -2.36. The number of hydrogen-bond acceptors (Lipinski definition) is 2. The summed E-state index contributed by atoms with van der Waals surface area (Å²) >= 11 is 1.51. The summed E-state index contributed by atoms with van der Waals surface area (Å²) < 4.78 is -0.558. The molecule has 0 saturated heterocycles. The number of thioether (sulfide) groups is 1. The Kier molecular flexibility index (Phi) is 4.00. The molecule has 1 aliphatic rings. The highest BCUT2D eigenvalue weighted by Gasteiger charge is 2.45. The van der Waals surface area contributed by atoms with Gasteiger partial charge in [-0.1, -0.05) is 26.0 Å². The van der Waals surface area contributed by atoms with Gasteiger partial charge in [0, 0.05) is 4.90 Å². The molecule has 1 unspecified atom stereocenters. The van der Waals surface area contributed by atoms with Crippen LogP contribution in [-0.4, -0.2) is 15.8 Å². The van der Waals surface area contributed by atoms with Gasteiger partial charge in [-0.25, -0.2) is 0 Å². The van der Waals surface area contributed by atoms with Crippen molar-refractivity contribution in [2.45, 2.75) is 55.1 Å². The van der Waals surface area contributed by atoms with E-state index in [-0.39, 0.29) is 0 Å². The van der Waals surface area contributed by atoms with Crippen molar-refractivity contribution < 1.29 is 9.90 Å². The monoisotopic (exact) mass is 264 g/mol. The SMILES string of the molecule is CCC(C)c1ccc(SC2(C(=O)O)CCC2)cc1. The third-order valence-corrected chi connectivity index (χ3v) is 5.41. The van der Waals surface area contributed by atoms with Gasteiger partial charge in [0.15, 0.2) is 0 Å². The first kappa shape index (κ1) is 13.5. The fraction of sp³-hybridized carbons (Fsp3) is 0.533. The Bertz CT molecular complexity index is 421. The predicted octanol–water partition coefficient (Wildman–Crippen LogP) is 4.30. The van der Waals surface area contributed by atoms with E-state index in [2.05, 4.69) is 38.1 Å². The van der Waals surface area contributed by atoms with E-state index in [4.69, 9.17) is 0 Å². The maximum absolute atomic E-state index is 11.3. The second-order valence-electron chi connectivity index (χ2n) is 5.13. The Morgan fingerprint density at radius 1 is 1.39 bits per heavy atom. The third-order valence-electron chi connectivity index (χ3n) is 3.93. The number of aliphatic carboxylic acids is 1. The molecule has 18 heavy (non-hydrogen) atoms. The van der Waals surface area contributed by atoms with E-state index >= 15 is 0 Å². The lowest BCUT2D eigenvalue weighted by atomic mass is 9.84. The molecule has 0 spiro atoms. The summed E-state index contributed by atoms with van der Waals surface area (Å²) in [6.07, 6.45) is 3.75. The molecule has 0 bridgehead atoms. The zero-order valence-electron chi connectivity index (χ0n) is 11.0. The van der Waals surface area contributed by atoms with E-state index in [1.807, 2.05) is 0 Å². The van der Waals surface area contributed by atoms with Crippen molar-refractivity contribution in [1.82, 2.24) is 0 Å². The first-order chi connectivity index (χ1) is 8.57. The lowest BCUT2D eigenvalue weighted by Crippen LogP contribution is -2.41. The van der Waals surface area contributed by atoms with Crippen LogP contribution in [0.3, 0.4) is 0 Å². The van der Waals surface area contributed by atoms with Crippen LogP contribution in [-0.2, 0) is 4.79 Å². The number of benzene rings is 1. The summed E-state index contributed by atoms with van der Waals surface area (Å²) in [4.78, 5) is 12.4. The molecule has 1 atom stereocenters. The van der Waals surface area contributed by atoms with E-state index < -0.39 is 10.7 Å². The molecular weight excluding hydrogens is 244 g/mol. The smallest absolute Gasteiger partial charge is 0.320 e. The standard InChI is InChI=1S/C15H20O2S/c1-3-11(2)12-5-7-13(8-6-12)18-15(14(16)17)9-4-10-15/h5-8,11H,3-4,9-10H2,1-2H3,(H,16,17). The fourth-order valence-electron chi connectivity index (χ4n) is 2.18. The summed E-state index contributed by atoms with van der Waals surface area (Å²) in [5.74, 6) is -0.0917. The van der Waals surface area contributed by atoms with Crippen molar-refractivity contribution in [2.24, 2.45) is 0 Å². The third kappa shape index (κ3) is 2.56. The molecule has 98 valence electrons. The minimum Gasteiger partial charge on any atom is -0.480 e. The number of rotatable bonds is 5. The van der Waals surface area contributed by atoms with Crippen LogP contribution in [0.25, 0.3) is 0 Å². The molecule has 2 nitrogen and oxygen atoms in total. The molecule has 1 aromatic rings. The Morgan fingerprint density at radius 2 is 2.00 bits per heavy atom. The number of carboxylic acids is 1. The van der Waals surface area contributed by atoms with Gasteiger partial charge in [0.1, 0.15) is 4.75 Å². The first-order valence-corrected chi connectivity index (χ1v) is 7.41. The van der Waals surface area contributed by atoms with Crippen LogP contribution in [0.2, 0.25) is 0 Å². The quantitative estimate of drug-likeness (QED) is 0.861. The van der Waals surface area contributed by atoms with E-state index in [1.165, 1.54) is 17.3 Å². The lowest BCUT2D eigenvalue weighted by molar-refractivity contribution is -0.142. The van der Waals surface area contributed by atoms with Crippen LogP contribution >= 0.6 is 11.8 Å². The van der Waals surface area contributed by atoms with Crippen molar-refractivity contribution in [1.29, 1.82) is 0 Å². The van der Waals surface area contributed by atoms with Crippen LogP contribution in [0.15, 0.2) is 29.2 Å². The van der Waals surface area contributed by atoms with Gasteiger partial charge in [0.2, 0.25) is 0 Å². The van der Waals surface area contributed by atoms with Crippen LogP contribution in [0, 0.1) is 0 Å². The molecule has 0 radical (unpaired) electrons. The second-order valence-corrected chi connectivity index (χ2v) is 6.59. The van der Waals surface area contributed by atoms with E-state index in [9.17, 15) is 9.90 Å². The first-order valence-electron chi connectivity index (χ1n) is 6.60. The minimum absolute atomic E-state index is 0.558. The summed E-state index contributed by atoms with van der Waals surface area (Å²) in [5, 5.41) is 9.31. The highest BCUT2D eigenvalue weighted by Crippen LogP contribution is 2.47. The Morgan fingerprint density at radius 3 is 2.39 bits per heavy atom. The Hall–Kier alpha value is -0.960. The molecule has 0 heterocycles. The van der Waals surface area contributed by atoms with Crippen LogP contribution in [0.4, 0.5) is 0 Å². The van der Waals surface area contributed by atoms with Crippen molar-refractivity contribution >= 4 is 17.7 Å². The van der Waals surface area contributed by atoms with E-state index in [0.29, 0.717) is 5.92 Å². The van der Waals surface area contributed by atoms with E-state index in [1.54, 1.807) is 0 Å². The Balaban J connectivity index is 2.08. The van der Waals surface area contributed by atoms with Gasteiger partial charge in [-0.2, -0.15) is 0 Å². The minimum atomic E-state index is -0.662. The number of carboxylic acid groups (broad SMARTS) is 1. The highest BCUT2D eigenvalue weighted by molar-refractivity contribution is 8.01. The Labute approximate surface area is 113 Å². The topological polar surface area (TPSA) is 37.3 Å². The van der Waals surface area contributed by atoms with E-state index in [0.717, 1.165) is 30.6 Å². The van der Waals surface area contributed by atoms with Crippen molar-refractivity contribution in [3.05, 3.63) is 29.8 Å². The van der Waals surface area contributed by atoms with Gasteiger partial charge >= 0.3 is 5.97 Å². The zero-order chi connectivity index (χ0) is 13.2. The molecule has 1 aliphatic carbocycles. The van der Waals surface area contributed by atoms with Gasteiger partial charge in [0.05, 0.1) is 0 Å². The van der Waals surface area contributed by atoms with Crippen LogP contribution < -0.4 is 0 Å². The molecule has 1 aromatic carbocycles. The second kappa shape index (κ2) is 5.35. The van der Waals surface area contributed by atoms with Crippen molar-refractivity contribution in [2.75, 3.05) is 0 Å². The summed E-state index contributed by atoms with van der Waals surface area (Å²) in [6, 6.07) is 8.39. The molecule has 0 aliphatic heterocycles. The van der Waals surface area contributed by atoms with Crippen LogP contribution in [0.5, 0.6) is 0 Å². The van der Waals surface area contributed by atoms with Gasteiger partial charge < -0.3 is 5.11 Å². The summed E-state index contributed by atoms with van der Waals surface area (Å²) in [5.41, 5.74) is 1.33. The summed E-state index contributed by atoms with van der Waals surface area (Å²) in [7, 11) is 0. The highest BCUT2D eigenvalue weighted by atomic mass is 32.2. The van der Waals surface area contributed by atoms with Crippen LogP contribution in [0.1, 0.15) is 51.0 Å². The normalized spacial score (nSPS) is 19.0. The molecular formula is C15H20O2S. The fourth-order valence-corrected chi connectivity index (χ4v) is 3.49. The summed E-state index contributed by atoms with van der Waals surface area (Å²) in [6.45, 7) is 4.40. The van der Waals surface area contributed by atoms with Crippen molar-refractivity contribution in [3.63, 3.8) is 0 Å². The molecule has 1 fully saturated rings. The maximum atomic E-state index is 11.3. The van der Waals surface area contributed by atoms with Crippen molar-refractivity contribution in [3.8, 4) is 0 Å². The molecule has 0 amide bonds. The van der Waals surface area contributed by atoms with Gasteiger partial charge in [0.25, 0.3) is 0 Å². The zero-order valence-corrected chi connectivity index (χ0v) is 11.8. The van der Waals surface area contributed by atoms with Gasteiger partial charge in [-0.15, -0.1) is 11.8 Å². The molecule has 0 aromatic heterocycles. The number of hydrogen-bond donors (Lipinski definition) is 1. The van der Waals surface area contributed by atoms with Gasteiger partial charge in [-0.05, 0) is 49.3 Å². The number of carbonyl (C=O) groups is 1. The predicted molar refractivity (Wildman–Crippen MR) is 75.2 cm³/mol. The molecule has 2 rings (SSSR count). The molecule has 1 saturated carbocycles. The molecule has 3 heteroatoms. The maximum Gasteiger partial charge on any atom is 0.320 e.